The molecule has 8 nitrogen and oxygen atoms in total. The molecule has 3 N–H and O–H groups in total. The zero-order valence-corrected chi connectivity index (χ0v) is 15.5. The topological polar surface area (TPSA) is 118 Å². The lowest BCUT2D eigenvalue weighted by atomic mass is 10.0. The number of hydrogen-bond acceptors (Lipinski definition) is 5. The molecule has 0 saturated heterocycles. The Hall–Kier alpha value is -3.68. The zero-order chi connectivity index (χ0) is 20.4. The lowest BCUT2D eigenvalue weighted by molar-refractivity contribution is -0.136. The van der Waals surface area contributed by atoms with Gasteiger partial charge in [-0.3, -0.25) is 4.79 Å². The van der Waals surface area contributed by atoms with E-state index in [-0.39, 0.29) is 12.0 Å². The van der Waals surface area contributed by atoms with Crippen LogP contribution in [0.5, 0.6) is 17.2 Å². The number of hydrogen-bond donors (Lipinski definition) is 3. The van der Waals surface area contributed by atoms with Crippen molar-refractivity contribution >= 4 is 22.8 Å². The Bertz CT molecular complexity index is 1070. The van der Waals surface area contributed by atoms with Gasteiger partial charge in [0.25, 0.3) is 0 Å². The Labute approximate surface area is 160 Å². The summed E-state index contributed by atoms with van der Waals surface area (Å²) in [5.41, 5.74) is 2.23. The van der Waals surface area contributed by atoms with E-state index in [0.717, 1.165) is 0 Å². The third kappa shape index (κ3) is 3.20. The first kappa shape index (κ1) is 19.1. The van der Waals surface area contributed by atoms with Gasteiger partial charge in [-0.05, 0) is 35.9 Å². The normalized spacial score (nSPS) is 10.7. The molecule has 0 spiro atoms. The smallest absolute Gasteiger partial charge is 0.335 e. The lowest BCUT2D eigenvalue weighted by Crippen LogP contribution is -2.03. The maximum Gasteiger partial charge on any atom is 0.335 e. The van der Waals surface area contributed by atoms with Crippen LogP contribution in [0.25, 0.3) is 22.2 Å². The molecule has 0 amide bonds. The Kier molecular flexibility index (Phi) is 5.12. The summed E-state index contributed by atoms with van der Waals surface area (Å²) in [6, 6.07) is 7.95. The average Bonchev–Trinajstić information content (AvgIpc) is 3.03. The molecule has 0 fully saturated rings. The molecule has 0 aliphatic rings. The fourth-order valence-corrected chi connectivity index (χ4v) is 3.24. The van der Waals surface area contributed by atoms with Crippen LogP contribution in [0.2, 0.25) is 0 Å². The van der Waals surface area contributed by atoms with Crippen LogP contribution in [-0.2, 0) is 11.2 Å². The molecule has 3 rings (SSSR count). The Balaban J connectivity index is 2.34. The fourth-order valence-electron chi connectivity index (χ4n) is 3.24. The van der Waals surface area contributed by atoms with Crippen molar-refractivity contribution in [1.82, 2.24) is 4.98 Å². The number of fused-ring (bicyclic) bond motifs is 1. The maximum atomic E-state index is 11.5. The molecule has 0 aliphatic carbocycles. The van der Waals surface area contributed by atoms with Gasteiger partial charge in [0.15, 0.2) is 11.5 Å². The van der Waals surface area contributed by atoms with Crippen molar-refractivity contribution in [2.75, 3.05) is 21.3 Å². The molecule has 1 aromatic heterocycles. The molecule has 0 aliphatic heterocycles. The Morgan fingerprint density at radius 3 is 2.25 bits per heavy atom. The monoisotopic (exact) mass is 385 g/mol. The van der Waals surface area contributed by atoms with Gasteiger partial charge in [-0.15, -0.1) is 0 Å². The molecule has 0 unspecified atom stereocenters. The van der Waals surface area contributed by atoms with Crippen molar-refractivity contribution < 1.29 is 34.0 Å². The number of nitrogens with one attached hydrogen (secondary N) is 1. The highest BCUT2D eigenvalue weighted by molar-refractivity contribution is 5.99. The van der Waals surface area contributed by atoms with Crippen LogP contribution in [0, 0.1) is 0 Å². The summed E-state index contributed by atoms with van der Waals surface area (Å²) < 4.78 is 16.2. The molecule has 0 radical (unpaired) electrons. The summed E-state index contributed by atoms with van der Waals surface area (Å²) >= 11 is 0. The van der Waals surface area contributed by atoms with Crippen LogP contribution >= 0.6 is 0 Å². The number of rotatable bonds is 7. The summed E-state index contributed by atoms with van der Waals surface area (Å²) in [5, 5.41) is 19.2. The second-order valence-corrected chi connectivity index (χ2v) is 6.00. The largest absolute Gasteiger partial charge is 0.493 e. The molecule has 2 aromatic carbocycles. The molecule has 146 valence electrons. The summed E-state index contributed by atoms with van der Waals surface area (Å²) in [7, 11) is 4.46. The van der Waals surface area contributed by atoms with Gasteiger partial charge in [0, 0.05) is 16.5 Å². The molecule has 3 aromatic rings. The number of ether oxygens (including phenoxy) is 3. The first-order valence-electron chi connectivity index (χ1n) is 8.30. The Morgan fingerprint density at radius 1 is 0.964 bits per heavy atom. The SMILES string of the molecule is COc1ccc(-c2[nH]c3ccc(C(=O)O)cc3c2CC(=O)O)c(OC)c1OC. The summed E-state index contributed by atoms with van der Waals surface area (Å²) in [4.78, 5) is 26.0. The molecule has 8 heteroatoms. The minimum absolute atomic E-state index is 0.0731. The van der Waals surface area contributed by atoms with Crippen LogP contribution in [0.15, 0.2) is 30.3 Å². The van der Waals surface area contributed by atoms with Crippen LogP contribution in [0.1, 0.15) is 15.9 Å². The van der Waals surface area contributed by atoms with Gasteiger partial charge in [0.2, 0.25) is 5.75 Å². The minimum atomic E-state index is -1.09. The number of carboxylic acids is 2. The molecule has 0 saturated carbocycles. The standard InChI is InChI=1S/C20H19NO7/c1-26-15-7-5-11(18(27-2)19(15)28-3)17-13(9-16(22)23)12-8-10(20(24)25)4-6-14(12)21-17/h4-8,21H,9H2,1-3H3,(H,22,23)(H,24,25). The van der Waals surface area contributed by atoms with Gasteiger partial charge in [0.05, 0.1) is 39.0 Å². The number of aliphatic carboxylic acids is 1. The van der Waals surface area contributed by atoms with Gasteiger partial charge < -0.3 is 29.4 Å². The van der Waals surface area contributed by atoms with Gasteiger partial charge in [-0.25, -0.2) is 4.79 Å². The molecule has 0 bridgehead atoms. The molecular formula is C20H19NO7. The molecular weight excluding hydrogens is 366 g/mol. The van der Waals surface area contributed by atoms with E-state index in [0.29, 0.717) is 45.0 Å². The zero-order valence-electron chi connectivity index (χ0n) is 15.5. The summed E-state index contributed by atoms with van der Waals surface area (Å²) in [5.74, 6) is -0.920. The van der Waals surface area contributed by atoms with Crippen molar-refractivity contribution in [1.29, 1.82) is 0 Å². The van der Waals surface area contributed by atoms with E-state index in [4.69, 9.17) is 14.2 Å². The van der Waals surface area contributed by atoms with Gasteiger partial charge >= 0.3 is 11.9 Å². The van der Waals surface area contributed by atoms with Crippen molar-refractivity contribution in [3.63, 3.8) is 0 Å². The lowest BCUT2D eigenvalue weighted by Gasteiger charge is -2.16. The number of H-pyrrole nitrogens is 1. The molecule has 1 heterocycles. The van der Waals surface area contributed by atoms with Crippen molar-refractivity contribution in [3.8, 4) is 28.5 Å². The fraction of sp³-hybridized carbons (Fsp3) is 0.200. The van der Waals surface area contributed by atoms with E-state index in [9.17, 15) is 19.8 Å². The number of benzene rings is 2. The van der Waals surface area contributed by atoms with Crippen molar-refractivity contribution in [2.45, 2.75) is 6.42 Å². The van der Waals surface area contributed by atoms with Crippen molar-refractivity contribution in [2.24, 2.45) is 0 Å². The number of aromatic amines is 1. The quantitative estimate of drug-likeness (QED) is 0.571. The van der Waals surface area contributed by atoms with E-state index < -0.39 is 11.9 Å². The van der Waals surface area contributed by atoms with Crippen molar-refractivity contribution in [3.05, 3.63) is 41.5 Å². The van der Waals surface area contributed by atoms with Crippen LogP contribution in [-0.4, -0.2) is 48.5 Å². The van der Waals surface area contributed by atoms with Gasteiger partial charge in [-0.1, -0.05) is 0 Å². The number of carboxylic acid groups (broad SMARTS) is 2. The third-order valence-corrected chi connectivity index (χ3v) is 4.45. The average molecular weight is 385 g/mol. The highest BCUT2D eigenvalue weighted by Crippen LogP contribution is 2.45. The minimum Gasteiger partial charge on any atom is -0.493 e. The third-order valence-electron chi connectivity index (χ3n) is 4.45. The van der Waals surface area contributed by atoms with Gasteiger partial charge in [-0.2, -0.15) is 0 Å². The second-order valence-electron chi connectivity index (χ2n) is 6.00. The second kappa shape index (κ2) is 7.51. The summed E-state index contributed by atoms with van der Waals surface area (Å²) in [6.07, 6.45) is -0.296. The van der Waals surface area contributed by atoms with Crippen LogP contribution in [0.3, 0.4) is 0 Å². The van der Waals surface area contributed by atoms with E-state index in [1.54, 1.807) is 18.2 Å². The van der Waals surface area contributed by atoms with E-state index in [2.05, 4.69) is 4.98 Å². The first-order chi connectivity index (χ1) is 13.4. The Morgan fingerprint density at radius 2 is 1.68 bits per heavy atom. The van der Waals surface area contributed by atoms with Gasteiger partial charge in [0.1, 0.15) is 0 Å². The predicted octanol–water partition coefficient (Wildman–Crippen LogP) is 3.19. The molecule has 28 heavy (non-hydrogen) atoms. The first-order valence-corrected chi connectivity index (χ1v) is 8.30. The molecule has 0 atom stereocenters. The van der Waals surface area contributed by atoms with E-state index in [1.165, 1.54) is 33.5 Å². The van der Waals surface area contributed by atoms with Crippen LogP contribution in [0.4, 0.5) is 0 Å². The van der Waals surface area contributed by atoms with E-state index in [1.807, 2.05) is 0 Å². The maximum absolute atomic E-state index is 11.5. The number of aromatic carboxylic acids is 1. The number of methoxy groups -OCH3 is 3. The summed E-state index contributed by atoms with van der Waals surface area (Å²) in [6.45, 7) is 0. The number of carbonyl (C=O) groups is 2. The number of aromatic nitrogens is 1. The van der Waals surface area contributed by atoms with E-state index >= 15 is 0 Å². The predicted molar refractivity (Wildman–Crippen MR) is 102 cm³/mol. The van der Waals surface area contributed by atoms with Crippen LogP contribution < -0.4 is 14.2 Å². The highest BCUT2D eigenvalue weighted by atomic mass is 16.5. The highest BCUT2D eigenvalue weighted by Gasteiger charge is 2.23.